The van der Waals surface area contributed by atoms with Crippen molar-refractivity contribution in [3.63, 3.8) is 0 Å². The molecule has 6 nitrogen and oxygen atoms in total. The van der Waals surface area contributed by atoms with Crippen molar-refractivity contribution in [3.05, 3.63) is 32.8 Å². The number of carbonyl (C=O) groups is 1. The highest BCUT2D eigenvalue weighted by atomic mass is 79.9. The molecule has 2 rings (SSSR count). The van der Waals surface area contributed by atoms with Gasteiger partial charge in [-0.3, -0.25) is 14.9 Å². The van der Waals surface area contributed by atoms with Crippen LogP contribution in [0, 0.1) is 10.1 Å². The third kappa shape index (κ3) is 3.74. The molecule has 7 heteroatoms. The first-order chi connectivity index (χ1) is 9.06. The molecule has 19 heavy (non-hydrogen) atoms. The van der Waals surface area contributed by atoms with Gasteiger partial charge < -0.3 is 10.6 Å². The van der Waals surface area contributed by atoms with Crippen LogP contribution in [-0.4, -0.2) is 23.4 Å². The molecular weight excluding hydrogens is 314 g/mol. The van der Waals surface area contributed by atoms with Crippen LogP contribution in [0.25, 0.3) is 0 Å². The van der Waals surface area contributed by atoms with E-state index in [1.807, 2.05) is 0 Å². The van der Waals surface area contributed by atoms with E-state index in [-0.39, 0.29) is 23.3 Å². The minimum atomic E-state index is -0.506. The van der Waals surface area contributed by atoms with Crippen LogP contribution in [0.4, 0.5) is 11.4 Å². The molecule has 1 aromatic carbocycles. The average Bonchev–Trinajstić information content (AvgIpc) is 2.83. The van der Waals surface area contributed by atoms with Crippen molar-refractivity contribution in [3.8, 4) is 0 Å². The molecule has 1 unspecified atom stereocenters. The molecule has 2 N–H and O–H groups in total. The standard InChI is InChI=1S/C12H14BrN3O3/c13-8-3-4-10(11(6-8)16(18)19)15-12(17)7-9-2-1-5-14-9/h3-4,6,9,14H,1-2,5,7H2,(H,15,17). The van der Waals surface area contributed by atoms with Gasteiger partial charge in [-0.1, -0.05) is 15.9 Å². The number of nitrogens with one attached hydrogen (secondary N) is 2. The van der Waals surface area contributed by atoms with Crippen molar-refractivity contribution in [2.75, 3.05) is 11.9 Å². The molecule has 0 aliphatic carbocycles. The quantitative estimate of drug-likeness (QED) is 0.657. The second-order valence-electron chi connectivity index (χ2n) is 4.46. The van der Waals surface area contributed by atoms with Crippen molar-refractivity contribution in [1.29, 1.82) is 0 Å². The number of anilines is 1. The molecule has 102 valence electrons. The van der Waals surface area contributed by atoms with E-state index >= 15 is 0 Å². The van der Waals surface area contributed by atoms with Crippen LogP contribution >= 0.6 is 15.9 Å². The smallest absolute Gasteiger partial charge is 0.293 e. The fraction of sp³-hybridized carbons (Fsp3) is 0.417. The second kappa shape index (κ2) is 6.12. The van der Waals surface area contributed by atoms with E-state index in [0.29, 0.717) is 10.9 Å². The molecule has 0 aromatic heterocycles. The van der Waals surface area contributed by atoms with E-state index < -0.39 is 4.92 Å². The third-order valence-corrected chi connectivity index (χ3v) is 3.52. The van der Waals surface area contributed by atoms with E-state index in [1.165, 1.54) is 12.1 Å². The number of carbonyl (C=O) groups excluding carboxylic acids is 1. The van der Waals surface area contributed by atoms with Gasteiger partial charge in [0.05, 0.1) is 4.92 Å². The van der Waals surface area contributed by atoms with Gasteiger partial charge in [0.1, 0.15) is 5.69 Å². The Kier molecular flexibility index (Phi) is 4.49. The summed E-state index contributed by atoms with van der Waals surface area (Å²) in [5, 5.41) is 16.7. The first-order valence-corrected chi connectivity index (χ1v) is 6.83. The number of hydrogen-bond acceptors (Lipinski definition) is 4. The monoisotopic (exact) mass is 327 g/mol. The van der Waals surface area contributed by atoms with Gasteiger partial charge in [-0.2, -0.15) is 0 Å². The molecule has 0 bridgehead atoms. The Morgan fingerprint density at radius 1 is 1.58 bits per heavy atom. The number of hydrogen-bond donors (Lipinski definition) is 2. The summed E-state index contributed by atoms with van der Waals surface area (Å²) in [6.07, 6.45) is 2.37. The molecule has 1 aliphatic heterocycles. The molecule has 0 radical (unpaired) electrons. The van der Waals surface area contributed by atoms with Crippen LogP contribution in [0.5, 0.6) is 0 Å². The van der Waals surface area contributed by atoms with Gasteiger partial charge in [0.25, 0.3) is 5.69 Å². The summed E-state index contributed by atoms with van der Waals surface area (Å²) in [7, 11) is 0. The highest BCUT2D eigenvalue weighted by molar-refractivity contribution is 9.10. The Bertz CT molecular complexity index is 501. The van der Waals surface area contributed by atoms with E-state index in [4.69, 9.17) is 0 Å². The molecule has 1 aromatic rings. The predicted octanol–water partition coefficient (Wildman–Crippen LogP) is 2.44. The topological polar surface area (TPSA) is 84.3 Å². The number of rotatable bonds is 4. The number of amides is 1. The zero-order valence-corrected chi connectivity index (χ0v) is 11.8. The minimum Gasteiger partial charge on any atom is -0.320 e. The Balaban J connectivity index is 2.05. The van der Waals surface area contributed by atoms with E-state index in [2.05, 4.69) is 26.6 Å². The zero-order chi connectivity index (χ0) is 13.8. The maximum Gasteiger partial charge on any atom is 0.293 e. The van der Waals surface area contributed by atoms with Crippen molar-refractivity contribution in [2.24, 2.45) is 0 Å². The van der Waals surface area contributed by atoms with Crippen molar-refractivity contribution in [2.45, 2.75) is 25.3 Å². The number of benzene rings is 1. The SMILES string of the molecule is O=C(CC1CCCN1)Nc1ccc(Br)cc1[N+](=O)[O-]. The van der Waals surface area contributed by atoms with Gasteiger partial charge >= 0.3 is 0 Å². The predicted molar refractivity (Wildman–Crippen MR) is 75.1 cm³/mol. The van der Waals surface area contributed by atoms with E-state index in [9.17, 15) is 14.9 Å². The van der Waals surface area contributed by atoms with Crippen molar-refractivity contribution < 1.29 is 9.72 Å². The summed E-state index contributed by atoms with van der Waals surface area (Å²) in [6, 6.07) is 4.75. The highest BCUT2D eigenvalue weighted by Crippen LogP contribution is 2.28. The summed E-state index contributed by atoms with van der Waals surface area (Å²) in [4.78, 5) is 22.3. The normalized spacial score (nSPS) is 18.3. The lowest BCUT2D eigenvalue weighted by molar-refractivity contribution is -0.384. The first-order valence-electron chi connectivity index (χ1n) is 6.03. The number of nitro groups is 1. The van der Waals surface area contributed by atoms with Gasteiger partial charge in [0.15, 0.2) is 0 Å². The zero-order valence-electron chi connectivity index (χ0n) is 10.2. The lowest BCUT2D eigenvalue weighted by atomic mass is 10.1. The molecule has 1 heterocycles. The molecule has 1 amide bonds. The largest absolute Gasteiger partial charge is 0.320 e. The molecule has 1 atom stereocenters. The first kappa shape index (κ1) is 14.0. The molecule has 1 aliphatic rings. The van der Waals surface area contributed by atoms with Crippen molar-refractivity contribution in [1.82, 2.24) is 5.32 Å². The van der Waals surface area contributed by atoms with Crippen LogP contribution in [0.15, 0.2) is 22.7 Å². The minimum absolute atomic E-state index is 0.109. The van der Waals surface area contributed by atoms with Crippen LogP contribution in [-0.2, 0) is 4.79 Å². The van der Waals surface area contributed by atoms with Gasteiger partial charge in [0, 0.05) is 23.0 Å². The lowest BCUT2D eigenvalue weighted by Gasteiger charge is -2.10. The van der Waals surface area contributed by atoms with E-state index in [1.54, 1.807) is 6.07 Å². The fourth-order valence-corrected chi connectivity index (χ4v) is 2.47. The number of nitrogens with zero attached hydrogens (tertiary/aromatic N) is 1. The number of halogens is 1. The lowest BCUT2D eigenvalue weighted by Crippen LogP contribution is -2.27. The Morgan fingerprint density at radius 3 is 3.00 bits per heavy atom. The second-order valence-corrected chi connectivity index (χ2v) is 5.38. The van der Waals surface area contributed by atoms with Gasteiger partial charge in [-0.25, -0.2) is 0 Å². The van der Waals surface area contributed by atoms with Gasteiger partial charge in [0.2, 0.25) is 5.91 Å². The summed E-state index contributed by atoms with van der Waals surface area (Å²) in [5.74, 6) is -0.204. The van der Waals surface area contributed by atoms with Gasteiger partial charge in [-0.05, 0) is 31.5 Å². The summed E-state index contributed by atoms with van der Waals surface area (Å²) in [6.45, 7) is 0.927. The highest BCUT2D eigenvalue weighted by Gasteiger charge is 2.20. The Labute approximate surface area is 118 Å². The van der Waals surface area contributed by atoms with Crippen LogP contribution in [0.3, 0.4) is 0 Å². The van der Waals surface area contributed by atoms with Gasteiger partial charge in [-0.15, -0.1) is 0 Å². The molecule has 0 saturated carbocycles. The Morgan fingerprint density at radius 2 is 2.37 bits per heavy atom. The molecule has 0 spiro atoms. The van der Waals surface area contributed by atoms with Crippen molar-refractivity contribution >= 4 is 33.2 Å². The van der Waals surface area contributed by atoms with E-state index in [0.717, 1.165) is 19.4 Å². The average molecular weight is 328 g/mol. The third-order valence-electron chi connectivity index (χ3n) is 3.02. The number of nitro benzene ring substituents is 1. The Hall–Kier alpha value is -1.47. The fourth-order valence-electron chi connectivity index (χ4n) is 2.12. The maximum atomic E-state index is 11.8. The van der Waals surface area contributed by atoms with Crippen LogP contribution < -0.4 is 10.6 Å². The molecule has 1 fully saturated rings. The van der Waals surface area contributed by atoms with Crippen LogP contribution in [0.1, 0.15) is 19.3 Å². The molecular formula is C12H14BrN3O3. The molecule has 1 saturated heterocycles. The van der Waals surface area contributed by atoms with Crippen LogP contribution in [0.2, 0.25) is 0 Å². The maximum absolute atomic E-state index is 11.8. The summed E-state index contributed by atoms with van der Waals surface area (Å²) >= 11 is 3.17. The summed E-state index contributed by atoms with van der Waals surface area (Å²) < 4.78 is 0.606. The summed E-state index contributed by atoms with van der Waals surface area (Å²) in [5.41, 5.74) is 0.123.